The zero-order chi connectivity index (χ0) is 14.7. The Morgan fingerprint density at radius 2 is 2.20 bits per heavy atom. The molecule has 2 rings (SSSR count). The van der Waals surface area contributed by atoms with Gasteiger partial charge in [0.15, 0.2) is 6.10 Å². The fourth-order valence-corrected chi connectivity index (χ4v) is 2.83. The maximum absolute atomic E-state index is 11.9. The van der Waals surface area contributed by atoms with E-state index in [1.165, 1.54) is 11.1 Å². The largest absolute Gasteiger partial charge is 0.481 e. The van der Waals surface area contributed by atoms with Crippen LogP contribution >= 0.6 is 0 Å². The highest BCUT2D eigenvalue weighted by Gasteiger charge is 2.24. The van der Waals surface area contributed by atoms with Gasteiger partial charge >= 0.3 is 0 Å². The SMILES string of the molecule is CNC1CCCc2c(OC(C)C(=O)N(C)C)cccc21. The van der Waals surface area contributed by atoms with Gasteiger partial charge in [0, 0.05) is 20.1 Å². The molecular weight excluding hydrogens is 252 g/mol. The number of fused-ring (bicyclic) bond motifs is 1. The number of benzene rings is 1. The molecule has 1 amide bonds. The van der Waals surface area contributed by atoms with E-state index in [9.17, 15) is 4.79 Å². The van der Waals surface area contributed by atoms with Crippen LogP contribution in [0.1, 0.15) is 36.9 Å². The van der Waals surface area contributed by atoms with Crippen LogP contribution in [0.15, 0.2) is 18.2 Å². The smallest absolute Gasteiger partial charge is 0.262 e. The van der Waals surface area contributed by atoms with Crippen molar-refractivity contribution in [2.75, 3.05) is 21.1 Å². The van der Waals surface area contributed by atoms with Crippen molar-refractivity contribution in [2.45, 2.75) is 38.3 Å². The van der Waals surface area contributed by atoms with Crippen molar-refractivity contribution in [1.29, 1.82) is 0 Å². The molecule has 0 saturated heterocycles. The number of hydrogen-bond acceptors (Lipinski definition) is 3. The lowest BCUT2D eigenvalue weighted by atomic mass is 9.87. The molecule has 1 aromatic rings. The molecule has 0 heterocycles. The predicted molar refractivity (Wildman–Crippen MR) is 80.0 cm³/mol. The third kappa shape index (κ3) is 2.96. The van der Waals surface area contributed by atoms with Crippen molar-refractivity contribution in [1.82, 2.24) is 10.2 Å². The lowest BCUT2D eigenvalue weighted by Gasteiger charge is -2.28. The van der Waals surface area contributed by atoms with Gasteiger partial charge in [-0.3, -0.25) is 4.79 Å². The van der Waals surface area contributed by atoms with E-state index in [1.807, 2.05) is 19.2 Å². The number of likely N-dealkylation sites (N-methyl/N-ethyl adjacent to an activating group) is 1. The van der Waals surface area contributed by atoms with Crippen LogP contribution in [0.4, 0.5) is 0 Å². The van der Waals surface area contributed by atoms with Crippen molar-refractivity contribution in [3.05, 3.63) is 29.3 Å². The van der Waals surface area contributed by atoms with Crippen molar-refractivity contribution in [3.8, 4) is 5.75 Å². The lowest BCUT2D eigenvalue weighted by molar-refractivity contribution is -0.135. The van der Waals surface area contributed by atoms with Crippen LogP contribution in [0.3, 0.4) is 0 Å². The molecule has 0 aliphatic heterocycles. The third-order valence-electron chi connectivity index (χ3n) is 3.91. The van der Waals surface area contributed by atoms with Gasteiger partial charge in [-0.15, -0.1) is 0 Å². The summed E-state index contributed by atoms with van der Waals surface area (Å²) in [6.45, 7) is 1.81. The molecule has 0 fully saturated rings. The average Bonchev–Trinajstić information content (AvgIpc) is 2.45. The van der Waals surface area contributed by atoms with E-state index >= 15 is 0 Å². The quantitative estimate of drug-likeness (QED) is 0.916. The Labute approximate surface area is 121 Å². The first-order valence-electron chi connectivity index (χ1n) is 7.21. The lowest BCUT2D eigenvalue weighted by Crippen LogP contribution is -2.35. The number of rotatable bonds is 4. The van der Waals surface area contributed by atoms with Crippen LogP contribution < -0.4 is 10.1 Å². The Morgan fingerprint density at radius 3 is 2.85 bits per heavy atom. The molecule has 4 nitrogen and oxygen atoms in total. The molecule has 0 saturated carbocycles. The van der Waals surface area contributed by atoms with Crippen molar-refractivity contribution in [2.24, 2.45) is 0 Å². The second-order valence-corrected chi connectivity index (χ2v) is 5.55. The molecule has 20 heavy (non-hydrogen) atoms. The minimum absolute atomic E-state index is 0.0106. The van der Waals surface area contributed by atoms with Gasteiger partial charge in [0.25, 0.3) is 5.91 Å². The maximum Gasteiger partial charge on any atom is 0.262 e. The van der Waals surface area contributed by atoms with Gasteiger partial charge in [0.05, 0.1) is 0 Å². The first-order valence-corrected chi connectivity index (χ1v) is 7.21. The van der Waals surface area contributed by atoms with Crippen LogP contribution in [0.5, 0.6) is 5.75 Å². The number of amides is 1. The molecule has 0 bridgehead atoms. The van der Waals surface area contributed by atoms with Crippen LogP contribution in [-0.2, 0) is 11.2 Å². The average molecular weight is 276 g/mol. The molecule has 1 aliphatic rings. The zero-order valence-corrected chi connectivity index (χ0v) is 12.8. The molecule has 1 aromatic carbocycles. The van der Waals surface area contributed by atoms with Crippen LogP contribution in [0.25, 0.3) is 0 Å². The molecule has 0 aromatic heterocycles. The highest BCUT2D eigenvalue weighted by atomic mass is 16.5. The number of carbonyl (C=O) groups is 1. The first-order chi connectivity index (χ1) is 9.54. The molecule has 0 radical (unpaired) electrons. The summed E-state index contributed by atoms with van der Waals surface area (Å²) in [5, 5.41) is 3.35. The minimum atomic E-state index is -0.452. The van der Waals surface area contributed by atoms with Gasteiger partial charge < -0.3 is 15.0 Å². The van der Waals surface area contributed by atoms with Gasteiger partial charge in [0.2, 0.25) is 0 Å². The molecule has 4 heteroatoms. The van der Waals surface area contributed by atoms with Gasteiger partial charge in [-0.2, -0.15) is 0 Å². The zero-order valence-electron chi connectivity index (χ0n) is 12.8. The van der Waals surface area contributed by atoms with E-state index in [4.69, 9.17) is 4.74 Å². The van der Waals surface area contributed by atoms with E-state index in [0.717, 1.165) is 25.0 Å². The van der Waals surface area contributed by atoms with Gasteiger partial charge in [-0.05, 0) is 50.4 Å². The second-order valence-electron chi connectivity index (χ2n) is 5.55. The Kier molecular flexibility index (Phi) is 4.65. The number of nitrogens with zero attached hydrogens (tertiary/aromatic N) is 1. The Balaban J connectivity index is 2.23. The summed E-state index contributed by atoms with van der Waals surface area (Å²) in [6, 6.07) is 6.52. The van der Waals surface area contributed by atoms with Gasteiger partial charge in [-0.1, -0.05) is 12.1 Å². The summed E-state index contributed by atoms with van der Waals surface area (Å²) in [4.78, 5) is 13.5. The van der Waals surface area contributed by atoms with Gasteiger partial charge in [-0.25, -0.2) is 0 Å². The van der Waals surface area contributed by atoms with Crippen LogP contribution in [-0.4, -0.2) is 38.1 Å². The Hall–Kier alpha value is -1.55. The number of carbonyl (C=O) groups excluding carboxylic acids is 1. The summed E-state index contributed by atoms with van der Waals surface area (Å²) in [5.74, 6) is 0.841. The predicted octanol–water partition coefficient (Wildman–Crippen LogP) is 2.14. The standard InChI is InChI=1S/C16H24N2O2/c1-11(16(19)18(3)4)20-15-10-6-7-12-13(15)8-5-9-14(12)17-2/h6-7,10-11,14,17H,5,8-9H2,1-4H3. The van der Waals surface area contributed by atoms with Crippen molar-refractivity contribution < 1.29 is 9.53 Å². The van der Waals surface area contributed by atoms with E-state index in [-0.39, 0.29) is 5.91 Å². The van der Waals surface area contributed by atoms with Gasteiger partial charge in [0.1, 0.15) is 5.75 Å². The molecule has 0 spiro atoms. The molecule has 2 atom stereocenters. The van der Waals surface area contributed by atoms with Crippen molar-refractivity contribution >= 4 is 5.91 Å². The third-order valence-corrected chi connectivity index (χ3v) is 3.91. The fraction of sp³-hybridized carbons (Fsp3) is 0.562. The van der Waals surface area contributed by atoms with Crippen LogP contribution in [0.2, 0.25) is 0 Å². The normalized spacial score (nSPS) is 19.1. The number of hydrogen-bond donors (Lipinski definition) is 1. The Bertz CT molecular complexity index is 485. The molecular formula is C16H24N2O2. The molecule has 1 N–H and O–H groups in total. The molecule has 2 unspecified atom stereocenters. The summed E-state index contributed by atoms with van der Waals surface area (Å²) in [7, 11) is 5.49. The van der Waals surface area contributed by atoms with Crippen molar-refractivity contribution in [3.63, 3.8) is 0 Å². The Morgan fingerprint density at radius 1 is 1.45 bits per heavy atom. The molecule has 110 valence electrons. The minimum Gasteiger partial charge on any atom is -0.481 e. The second kappa shape index (κ2) is 6.27. The summed E-state index contributed by atoms with van der Waals surface area (Å²) < 4.78 is 5.91. The van der Waals surface area contributed by atoms with E-state index in [2.05, 4.69) is 11.4 Å². The van der Waals surface area contributed by atoms with E-state index in [0.29, 0.717) is 6.04 Å². The summed E-state index contributed by atoms with van der Waals surface area (Å²) in [5.41, 5.74) is 2.55. The summed E-state index contributed by atoms with van der Waals surface area (Å²) >= 11 is 0. The van der Waals surface area contributed by atoms with E-state index < -0.39 is 6.10 Å². The van der Waals surface area contributed by atoms with Crippen LogP contribution in [0, 0.1) is 0 Å². The summed E-state index contributed by atoms with van der Waals surface area (Å²) in [6.07, 6.45) is 2.87. The van der Waals surface area contributed by atoms with E-state index in [1.54, 1.807) is 25.9 Å². The maximum atomic E-state index is 11.9. The highest BCUT2D eigenvalue weighted by Crippen LogP contribution is 2.35. The molecule has 1 aliphatic carbocycles. The number of nitrogens with one attached hydrogen (secondary N) is 1. The fourth-order valence-electron chi connectivity index (χ4n) is 2.83. The first kappa shape index (κ1) is 14.9. The topological polar surface area (TPSA) is 41.6 Å². The monoisotopic (exact) mass is 276 g/mol. The number of ether oxygens (including phenoxy) is 1. The highest BCUT2D eigenvalue weighted by molar-refractivity contribution is 5.80.